The van der Waals surface area contributed by atoms with Crippen LogP contribution in [0.5, 0.6) is 0 Å². The summed E-state index contributed by atoms with van der Waals surface area (Å²) in [5, 5.41) is 2.80. The Bertz CT molecular complexity index is 1120. The van der Waals surface area contributed by atoms with Crippen molar-refractivity contribution in [3.8, 4) is 5.69 Å². The summed E-state index contributed by atoms with van der Waals surface area (Å²) < 4.78 is 7.16. The van der Waals surface area contributed by atoms with E-state index in [1.54, 1.807) is 56.3 Å². The smallest absolute Gasteiger partial charge is 0.338 e. The van der Waals surface area contributed by atoms with E-state index < -0.39 is 24.0 Å². The van der Waals surface area contributed by atoms with Crippen molar-refractivity contribution in [2.45, 2.75) is 19.4 Å². The van der Waals surface area contributed by atoms with Gasteiger partial charge in [0.1, 0.15) is 5.54 Å². The van der Waals surface area contributed by atoms with Gasteiger partial charge in [-0.1, -0.05) is 18.2 Å². The topological polar surface area (TPSA) is 80.6 Å². The quantitative estimate of drug-likeness (QED) is 0.677. The molecule has 1 aliphatic rings. The molecule has 1 aromatic heterocycles. The molecule has 7 nitrogen and oxygen atoms in total. The molecule has 2 amide bonds. The molecule has 4 rings (SSSR count). The van der Waals surface area contributed by atoms with Gasteiger partial charge in [0, 0.05) is 18.1 Å². The Morgan fingerprint density at radius 3 is 2.50 bits per heavy atom. The van der Waals surface area contributed by atoms with Gasteiger partial charge in [-0.2, -0.15) is 0 Å². The number of ether oxygens (including phenoxy) is 1. The highest BCUT2D eigenvalue weighted by molar-refractivity contribution is 6.14. The number of carbonyl (C=O) groups is 3. The van der Waals surface area contributed by atoms with E-state index >= 15 is 0 Å². The van der Waals surface area contributed by atoms with Gasteiger partial charge in [0.2, 0.25) is 5.91 Å². The zero-order chi connectivity index (χ0) is 21.3. The van der Waals surface area contributed by atoms with Crippen molar-refractivity contribution in [3.63, 3.8) is 0 Å². The van der Waals surface area contributed by atoms with E-state index in [0.717, 1.165) is 5.69 Å². The Labute approximate surface area is 173 Å². The zero-order valence-electron chi connectivity index (χ0n) is 16.7. The van der Waals surface area contributed by atoms with Crippen molar-refractivity contribution < 1.29 is 19.1 Å². The number of hydrogen-bond donors (Lipinski definition) is 1. The maximum atomic E-state index is 13.0. The number of carbonyl (C=O) groups excluding carboxylic acids is 3. The van der Waals surface area contributed by atoms with Crippen LogP contribution in [0.3, 0.4) is 0 Å². The van der Waals surface area contributed by atoms with E-state index in [1.165, 1.54) is 4.90 Å². The molecule has 2 aromatic carbocycles. The molecule has 0 aliphatic carbocycles. The molecule has 7 heteroatoms. The highest BCUT2D eigenvalue weighted by Gasteiger charge is 2.43. The highest BCUT2D eigenvalue weighted by Crippen LogP contribution is 2.36. The van der Waals surface area contributed by atoms with E-state index in [-0.39, 0.29) is 5.91 Å². The largest absolute Gasteiger partial charge is 0.452 e. The SMILES string of the molecule is CC1(C)C(=O)Nc2ccccc2N1C(=O)COC(=O)c1cccc(-n2cccc2)c1. The molecule has 2 heterocycles. The number of nitrogens with one attached hydrogen (secondary N) is 1. The van der Waals surface area contributed by atoms with Crippen molar-refractivity contribution in [3.05, 3.63) is 78.6 Å². The molecule has 30 heavy (non-hydrogen) atoms. The number of para-hydroxylation sites is 2. The average Bonchev–Trinajstić information content (AvgIpc) is 3.27. The number of anilines is 2. The molecule has 0 saturated carbocycles. The standard InChI is InChI=1S/C23H21N3O4/c1-23(2)22(29)24-18-10-3-4-11-19(18)26(23)20(27)15-30-21(28)16-8-7-9-17(14-16)25-12-5-6-13-25/h3-14H,15H2,1-2H3,(H,24,29). The first-order chi connectivity index (χ1) is 14.4. The van der Waals surface area contributed by atoms with Crippen molar-refractivity contribution >= 4 is 29.2 Å². The van der Waals surface area contributed by atoms with Crippen molar-refractivity contribution in [2.24, 2.45) is 0 Å². The number of benzene rings is 2. The number of fused-ring (bicyclic) bond motifs is 1. The average molecular weight is 403 g/mol. The number of rotatable bonds is 4. The van der Waals surface area contributed by atoms with E-state index in [2.05, 4.69) is 5.32 Å². The molecule has 1 aliphatic heterocycles. The van der Waals surface area contributed by atoms with E-state index in [4.69, 9.17) is 4.74 Å². The molecule has 1 N–H and O–H groups in total. The van der Waals surface area contributed by atoms with Gasteiger partial charge in [-0.25, -0.2) is 4.79 Å². The van der Waals surface area contributed by atoms with Gasteiger partial charge < -0.3 is 14.6 Å². The highest BCUT2D eigenvalue weighted by atomic mass is 16.5. The van der Waals surface area contributed by atoms with Crippen LogP contribution in [0.2, 0.25) is 0 Å². The normalized spacial score (nSPS) is 14.6. The molecule has 152 valence electrons. The Balaban J connectivity index is 1.51. The van der Waals surface area contributed by atoms with Crippen molar-refractivity contribution in [1.82, 2.24) is 4.57 Å². The van der Waals surface area contributed by atoms with Crippen LogP contribution in [0.4, 0.5) is 11.4 Å². The first-order valence-electron chi connectivity index (χ1n) is 9.52. The minimum Gasteiger partial charge on any atom is -0.452 e. The third-order valence-electron chi connectivity index (χ3n) is 5.07. The lowest BCUT2D eigenvalue weighted by molar-refractivity contribution is -0.128. The summed E-state index contributed by atoms with van der Waals surface area (Å²) >= 11 is 0. The minimum atomic E-state index is -1.12. The van der Waals surface area contributed by atoms with E-state index in [0.29, 0.717) is 16.9 Å². The lowest BCUT2D eigenvalue weighted by Gasteiger charge is -2.41. The molecule has 0 spiro atoms. The van der Waals surface area contributed by atoms with Gasteiger partial charge in [0.15, 0.2) is 6.61 Å². The molecule has 3 aromatic rings. The third kappa shape index (κ3) is 3.45. The number of esters is 1. The fraction of sp³-hybridized carbons (Fsp3) is 0.174. The summed E-state index contributed by atoms with van der Waals surface area (Å²) in [6, 6.07) is 17.8. The molecule has 0 radical (unpaired) electrons. The fourth-order valence-electron chi connectivity index (χ4n) is 3.47. The first kappa shape index (κ1) is 19.4. The molecule has 0 saturated heterocycles. The Morgan fingerprint density at radius 2 is 1.73 bits per heavy atom. The fourth-order valence-corrected chi connectivity index (χ4v) is 3.47. The summed E-state index contributed by atoms with van der Waals surface area (Å²) in [6.45, 7) is 2.83. The van der Waals surface area contributed by atoms with Crippen LogP contribution in [-0.4, -0.2) is 34.5 Å². The van der Waals surface area contributed by atoms with Crippen LogP contribution >= 0.6 is 0 Å². The number of amides is 2. The molecular formula is C23H21N3O4. The van der Waals surface area contributed by atoms with Crippen molar-refractivity contribution in [1.29, 1.82) is 0 Å². The molecule has 0 fully saturated rings. The van der Waals surface area contributed by atoms with Crippen LogP contribution < -0.4 is 10.2 Å². The zero-order valence-corrected chi connectivity index (χ0v) is 16.7. The lowest BCUT2D eigenvalue weighted by atomic mass is 9.96. The molecule has 0 bridgehead atoms. The van der Waals surface area contributed by atoms with Gasteiger partial charge >= 0.3 is 5.97 Å². The lowest BCUT2D eigenvalue weighted by Crippen LogP contribution is -2.59. The Kier molecular flexibility index (Phi) is 4.87. The monoisotopic (exact) mass is 403 g/mol. The molecule has 0 unspecified atom stereocenters. The summed E-state index contributed by atoms with van der Waals surface area (Å²) in [6.07, 6.45) is 3.74. The van der Waals surface area contributed by atoms with Crippen LogP contribution in [0, 0.1) is 0 Å². The maximum absolute atomic E-state index is 13.0. The van der Waals surface area contributed by atoms with E-state index in [9.17, 15) is 14.4 Å². The van der Waals surface area contributed by atoms with Gasteiger partial charge in [0.25, 0.3) is 5.91 Å². The van der Waals surface area contributed by atoms with Crippen molar-refractivity contribution in [2.75, 3.05) is 16.8 Å². The summed E-state index contributed by atoms with van der Waals surface area (Å²) in [7, 11) is 0. The number of aromatic nitrogens is 1. The van der Waals surface area contributed by atoms with Gasteiger partial charge in [-0.05, 0) is 56.3 Å². The Morgan fingerprint density at radius 1 is 1.00 bits per heavy atom. The third-order valence-corrected chi connectivity index (χ3v) is 5.07. The molecular weight excluding hydrogens is 382 g/mol. The number of nitrogens with zero attached hydrogens (tertiary/aromatic N) is 2. The van der Waals surface area contributed by atoms with Crippen LogP contribution in [0.25, 0.3) is 5.69 Å². The minimum absolute atomic E-state index is 0.305. The van der Waals surface area contributed by atoms with Gasteiger partial charge in [-0.3, -0.25) is 14.5 Å². The second-order valence-electron chi connectivity index (χ2n) is 7.48. The predicted octanol–water partition coefficient (Wildman–Crippen LogP) is 3.40. The van der Waals surface area contributed by atoms with Crippen LogP contribution in [-0.2, 0) is 14.3 Å². The Hall–Kier alpha value is -3.87. The molecule has 0 atom stereocenters. The second kappa shape index (κ2) is 7.51. The van der Waals surface area contributed by atoms with E-state index in [1.807, 2.05) is 35.2 Å². The first-order valence-corrected chi connectivity index (χ1v) is 9.52. The summed E-state index contributed by atoms with van der Waals surface area (Å²) in [4.78, 5) is 39.4. The van der Waals surface area contributed by atoms with Gasteiger partial charge in [0.05, 0.1) is 16.9 Å². The summed E-state index contributed by atoms with van der Waals surface area (Å²) in [5.41, 5.74) is 1.14. The number of hydrogen-bond acceptors (Lipinski definition) is 4. The second-order valence-corrected chi connectivity index (χ2v) is 7.48. The van der Waals surface area contributed by atoms with Gasteiger partial charge in [-0.15, -0.1) is 0 Å². The van der Waals surface area contributed by atoms with Crippen LogP contribution in [0.15, 0.2) is 73.1 Å². The predicted molar refractivity (Wildman–Crippen MR) is 113 cm³/mol. The van der Waals surface area contributed by atoms with Crippen LogP contribution in [0.1, 0.15) is 24.2 Å². The summed E-state index contributed by atoms with van der Waals surface area (Å²) in [5.74, 6) is -1.39. The maximum Gasteiger partial charge on any atom is 0.338 e.